The van der Waals surface area contributed by atoms with E-state index in [1.54, 1.807) is 10.6 Å². The first-order chi connectivity index (χ1) is 8.81. The molecule has 0 atom stereocenters. The van der Waals surface area contributed by atoms with Gasteiger partial charge in [0.1, 0.15) is 11.4 Å². The average Bonchev–Trinajstić information content (AvgIpc) is 2.80. The summed E-state index contributed by atoms with van der Waals surface area (Å²) in [5, 5.41) is 0. The van der Waals surface area contributed by atoms with Crippen LogP contribution < -0.4 is 0 Å². The SMILES string of the molecule is O=Cc1c(-c2ccccn2)nc2c(Br)cccn12. The third kappa shape index (κ3) is 1.64. The zero-order chi connectivity index (χ0) is 12.5. The Bertz CT molecular complexity index is 722. The van der Waals surface area contributed by atoms with Gasteiger partial charge in [0.15, 0.2) is 11.9 Å². The number of hydrogen-bond donors (Lipinski definition) is 0. The lowest BCUT2D eigenvalue weighted by molar-refractivity contribution is 0.111. The smallest absolute Gasteiger partial charge is 0.169 e. The number of aldehydes is 1. The van der Waals surface area contributed by atoms with Crippen LogP contribution in [0.25, 0.3) is 17.0 Å². The third-order valence-corrected chi connectivity index (χ3v) is 3.28. The van der Waals surface area contributed by atoms with Gasteiger partial charge < -0.3 is 0 Å². The number of fused-ring (bicyclic) bond motifs is 1. The van der Waals surface area contributed by atoms with Gasteiger partial charge in [-0.1, -0.05) is 6.07 Å². The van der Waals surface area contributed by atoms with Crippen molar-refractivity contribution >= 4 is 27.9 Å². The van der Waals surface area contributed by atoms with Gasteiger partial charge in [0.25, 0.3) is 0 Å². The summed E-state index contributed by atoms with van der Waals surface area (Å²) in [5.41, 5.74) is 2.50. The lowest BCUT2D eigenvalue weighted by Gasteiger charge is -1.97. The first-order valence-corrected chi connectivity index (χ1v) is 6.13. The number of halogens is 1. The Labute approximate surface area is 111 Å². The summed E-state index contributed by atoms with van der Waals surface area (Å²) < 4.78 is 2.59. The summed E-state index contributed by atoms with van der Waals surface area (Å²) in [6.07, 6.45) is 4.29. The van der Waals surface area contributed by atoms with Crippen LogP contribution in [0.3, 0.4) is 0 Å². The summed E-state index contributed by atoms with van der Waals surface area (Å²) in [7, 11) is 0. The zero-order valence-corrected chi connectivity index (χ0v) is 10.8. The molecular weight excluding hydrogens is 294 g/mol. The molecular formula is C13H8BrN3O. The topological polar surface area (TPSA) is 47.3 Å². The maximum Gasteiger partial charge on any atom is 0.169 e. The quantitative estimate of drug-likeness (QED) is 0.684. The number of rotatable bonds is 2. The van der Waals surface area contributed by atoms with E-state index in [0.29, 0.717) is 22.7 Å². The Morgan fingerprint density at radius 2 is 2.11 bits per heavy atom. The molecule has 0 saturated carbocycles. The number of imidazole rings is 1. The van der Waals surface area contributed by atoms with Crippen molar-refractivity contribution in [1.82, 2.24) is 14.4 Å². The molecule has 0 amide bonds. The van der Waals surface area contributed by atoms with Crippen molar-refractivity contribution in [2.24, 2.45) is 0 Å². The molecule has 5 heteroatoms. The molecule has 0 bridgehead atoms. The van der Waals surface area contributed by atoms with Crippen molar-refractivity contribution < 1.29 is 4.79 Å². The molecule has 0 unspecified atom stereocenters. The summed E-state index contributed by atoms with van der Waals surface area (Å²) in [5.74, 6) is 0. The Morgan fingerprint density at radius 1 is 1.22 bits per heavy atom. The fourth-order valence-electron chi connectivity index (χ4n) is 1.86. The Kier molecular flexibility index (Phi) is 2.68. The van der Waals surface area contributed by atoms with Crippen molar-refractivity contribution in [3.8, 4) is 11.4 Å². The highest BCUT2D eigenvalue weighted by Gasteiger charge is 2.15. The van der Waals surface area contributed by atoms with Crippen LogP contribution in [0.1, 0.15) is 10.5 Å². The second kappa shape index (κ2) is 4.34. The van der Waals surface area contributed by atoms with Gasteiger partial charge in [-0.05, 0) is 40.2 Å². The van der Waals surface area contributed by atoms with Crippen LogP contribution in [0.4, 0.5) is 0 Å². The molecule has 0 radical (unpaired) electrons. The van der Waals surface area contributed by atoms with Crippen LogP contribution >= 0.6 is 15.9 Å². The highest BCUT2D eigenvalue weighted by molar-refractivity contribution is 9.10. The van der Waals surface area contributed by atoms with Gasteiger partial charge in [-0.25, -0.2) is 4.98 Å². The van der Waals surface area contributed by atoms with E-state index in [1.807, 2.05) is 36.5 Å². The van der Waals surface area contributed by atoms with Crippen LogP contribution in [-0.2, 0) is 0 Å². The van der Waals surface area contributed by atoms with E-state index in [9.17, 15) is 4.79 Å². The van der Waals surface area contributed by atoms with Crippen molar-refractivity contribution in [3.63, 3.8) is 0 Å². The van der Waals surface area contributed by atoms with Gasteiger partial charge in [-0.15, -0.1) is 0 Å². The molecule has 3 heterocycles. The maximum atomic E-state index is 11.3. The summed E-state index contributed by atoms with van der Waals surface area (Å²) in [6, 6.07) is 9.28. The summed E-state index contributed by atoms with van der Waals surface area (Å²) in [4.78, 5) is 20.0. The molecule has 18 heavy (non-hydrogen) atoms. The highest BCUT2D eigenvalue weighted by Crippen LogP contribution is 2.25. The molecule has 0 aliphatic heterocycles. The van der Waals surface area contributed by atoms with Crippen molar-refractivity contribution in [2.75, 3.05) is 0 Å². The number of carbonyl (C=O) groups is 1. The molecule has 3 rings (SSSR count). The van der Waals surface area contributed by atoms with Crippen molar-refractivity contribution in [1.29, 1.82) is 0 Å². The number of carbonyl (C=O) groups excluding carboxylic acids is 1. The molecule has 4 nitrogen and oxygen atoms in total. The van der Waals surface area contributed by atoms with Crippen LogP contribution in [0.2, 0.25) is 0 Å². The summed E-state index contributed by atoms with van der Waals surface area (Å²) >= 11 is 3.43. The van der Waals surface area contributed by atoms with Crippen molar-refractivity contribution in [3.05, 3.63) is 52.9 Å². The highest BCUT2D eigenvalue weighted by atomic mass is 79.9. The van der Waals surface area contributed by atoms with Crippen molar-refractivity contribution in [2.45, 2.75) is 0 Å². The molecule has 0 N–H and O–H groups in total. The van der Waals surface area contributed by atoms with Gasteiger partial charge in [0, 0.05) is 12.4 Å². The van der Waals surface area contributed by atoms with Gasteiger partial charge >= 0.3 is 0 Å². The minimum Gasteiger partial charge on any atom is -0.296 e. The third-order valence-electron chi connectivity index (χ3n) is 2.66. The maximum absolute atomic E-state index is 11.3. The molecule has 0 saturated heterocycles. The molecule has 0 aliphatic carbocycles. The number of aromatic nitrogens is 3. The fraction of sp³-hybridized carbons (Fsp3) is 0. The molecule has 0 spiro atoms. The lowest BCUT2D eigenvalue weighted by Crippen LogP contribution is -1.92. The number of pyridine rings is 2. The van der Waals surface area contributed by atoms with Crippen LogP contribution in [0.5, 0.6) is 0 Å². The first-order valence-electron chi connectivity index (χ1n) is 5.34. The first kappa shape index (κ1) is 11.1. The average molecular weight is 302 g/mol. The van der Waals surface area contributed by atoms with E-state index < -0.39 is 0 Å². The van der Waals surface area contributed by atoms with E-state index in [1.165, 1.54) is 0 Å². The predicted octanol–water partition coefficient (Wildman–Crippen LogP) is 2.97. The zero-order valence-electron chi connectivity index (χ0n) is 9.25. The van der Waals surface area contributed by atoms with Crippen LogP contribution in [0, 0.1) is 0 Å². The minimum absolute atomic E-state index is 0.505. The predicted molar refractivity (Wildman–Crippen MR) is 71.5 cm³/mol. The second-order valence-corrected chi connectivity index (χ2v) is 4.58. The Morgan fingerprint density at radius 3 is 2.83 bits per heavy atom. The lowest BCUT2D eigenvalue weighted by atomic mass is 10.2. The van der Waals surface area contributed by atoms with Crippen LogP contribution in [0.15, 0.2) is 47.2 Å². The van der Waals surface area contributed by atoms with Gasteiger partial charge in [0.2, 0.25) is 0 Å². The Hall–Kier alpha value is -2.01. The van der Waals surface area contributed by atoms with E-state index in [-0.39, 0.29) is 0 Å². The van der Waals surface area contributed by atoms with Gasteiger partial charge in [-0.3, -0.25) is 14.2 Å². The minimum atomic E-state index is 0.505. The fourth-order valence-corrected chi connectivity index (χ4v) is 2.29. The molecule has 0 aliphatic rings. The van der Waals surface area contributed by atoms with E-state index in [4.69, 9.17) is 0 Å². The second-order valence-electron chi connectivity index (χ2n) is 3.73. The molecule has 0 aromatic carbocycles. The van der Waals surface area contributed by atoms with Gasteiger partial charge in [-0.2, -0.15) is 0 Å². The molecule has 3 aromatic rings. The number of hydrogen-bond acceptors (Lipinski definition) is 3. The number of nitrogens with zero attached hydrogens (tertiary/aromatic N) is 3. The normalized spacial score (nSPS) is 10.7. The van der Waals surface area contributed by atoms with Crippen LogP contribution in [-0.4, -0.2) is 20.7 Å². The van der Waals surface area contributed by atoms with Gasteiger partial charge in [0.05, 0.1) is 10.2 Å². The van der Waals surface area contributed by atoms with E-state index >= 15 is 0 Å². The standard InChI is InChI=1S/C13H8BrN3O/c14-9-4-3-7-17-11(8-18)12(16-13(9)17)10-5-1-2-6-15-10/h1-8H. The monoisotopic (exact) mass is 301 g/mol. The van der Waals surface area contributed by atoms with E-state index in [2.05, 4.69) is 25.9 Å². The largest absolute Gasteiger partial charge is 0.296 e. The molecule has 88 valence electrons. The Balaban J connectivity index is 2.37. The molecule has 0 fully saturated rings. The molecule has 3 aromatic heterocycles. The summed E-state index contributed by atoms with van der Waals surface area (Å²) in [6.45, 7) is 0. The van der Waals surface area contributed by atoms with E-state index in [0.717, 1.165) is 10.8 Å².